The van der Waals surface area contributed by atoms with Gasteiger partial charge in [-0.25, -0.2) is 0 Å². The summed E-state index contributed by atoms with van der Waals surface area (Å²) in [6.45, 7) is 0. The van der Waals surface area contributed by atoms with E-state index >= 15 is 0 Å². The summed E-state index contributed by atoms with van der Waals surface area (Å²) in [6.07, 6.45) is -5.64. The molecule has 0 spiro atoms. The zero-order valence-corrected chi connectivity index (χ0v) is 14.6. The van der Waals surface area contributed by atoms with E-state index < -0.39 is 30.1 Å². The van der Waals surface area contributed by atoms with Gasteiger partial charge in [0.05, 0.1) is 23.4 Å². The third-order valence-electron chi connectivity index (χ3n) is 3.94. The van der Waals surface area contributed by atoms with Gasteiger partial charge in [-0.05, 0) is 36.0 Å². The van der Waals surface area contributed by atoms with Gasteiger partial charge in [0.1, 0.15) is 0 Å². The highest BCUT2D eigenvalue weighted by Crippen LogP contribution is 2.29. The van der Waals surface area contributed by atoms with Crippen LogP contribution in [0.2, 0.25) is 0 Å². The lowest BCUT2D eigenvalue weighted by Gasteiger charge is -2.21. The third kappa shape index (κ3) is 4.62. The van der Waals surface area contributed by atoms with E-state index in [9.17, 15) is 22.8 Å². The van der Waals surface area contributed by atoms with E-state index in [0.29, 0.717) is 11.1 Å². The monoisotopic (exact) mass is 393 g/mol. The molecule has 0 unspecified atom stereocenters. The summed E-state index contributed by atoms with van der Waals surface area (Å²) in [5.74, 6) is -0.686. The Kier molecular flexibility index (Phi) is 5.13. The molecule has 3 rings (SSSR count). The van der Waals surface area contributed by atoms with Crippen LogP contribution in [0.4, 0.5) is 13.2 Å². The molecule has 3 aromatic rings. The SMILES string of the molecule is O=C(N[C@@H](CC(F)(F)F)c1ccccc1)c1ccc2c(=O)[nH]c(=S)[nH]c2c1. The molecule has 3 N–H and O–H groups in total. The van der Waals surface area contributed by atoms with Crippen molar-refractivity contribution in [3.63, 3.8) is 0 Å². The molecule has 1 atom stereocenters. The predicted octanol–water partition coefficient (Wildman–Crippen LogP) is 4.01. The molecular weight excluding hydrogens is 379 g/mol. The van der Waals surface area contributed by atoms with E-state index in [-0.39, 0.29) is 15.7 Å². The van der Waals surface area contributed by atoms with Gasteiger partial charge in [-0.1, -0.05) is 30.3 Å². The number of amides is 1. The molecule has 0 aliphatic heterocycles. The molecule has 0 saturated carbocycles. The van der Waals surface area contributed by atoms with E-state index in [0.717, 1.165) is 0 Å². The Morgan fingerprint density at radius 3 is 2.48 bits per heavy atom. The Hall–Kier alpha value is -2.94. The molecule has 0 bridgehead atoms. The number of benzene rings is 2. The first-order chi connectivity index (χ1) is 12.7. The minimum atomic E-state index is -4.45. The Morgan fingerprint density at radius 1 is 1.11 bits per heavy atom. The first-order valence-corrected chi connectivity index (χ1v) is 8.33. The number of alkyl halides is 3. The number of H-pyrrole nitrogens is 2. The summed E-state index contributed by atoms with van der Waals surface area (Å²) in [5, 5.41) is 2.70. The van der Waals surface area contributed by atoms with Gasteiger partial charge in [-0.3, -0.25) is 14.6 Å². The third-order valence-corrected chi connectivity index (χ3v) is 4.15. The summed E-state index contributed by atoms with van der Waals surface area (Å²) >= 11 is 4.89. The molecule has 0 aliphatic rings. The molecule has 0 radical (unpaired) electrons. The maximum absolute atomic E-state index is 12.9. The predicted molar refractivity (Wildman–Crippen MR) is 97.1 cm³/mol. The van der Waals surface area contributed by atoms with Crippen LogP contribution < -0.4 is 10.9 Å². The normalized spacial score (nSPS) is 12.7. The molecule has 0 aliphatic carbocycles. The zero-order valence-electron chi connectivity index (χ0n) is 13.8. The van der Waals surface area contributed by atoms with Crippen LogP contribution in [-0.4, -0.2) is 22.1 Å². The van der Waals surface area contributed by atoms with E-state index in [1.165, 1.54) is 30.3 Å². The van der Waals surface area contributed by atoms with E-state index in [2.05, 4.69) is 15.3 Å². The van der Waals surface area contributed by atoms with Crippen molar-refractivity contribution in [3.05, 3.63) is 74.8 Å². The molecule has 5 nitrogen and oxygen atoms in total. The number of aromatic nitrogens is 2. The van der Waals surface area contributed by atoms with Gasteiger partial charge in [0.15, 0.2) is 4.77 Å². The molecule has 2 aromatic carbocycles. The van der Waals surface area contributed by atoms with Gasteiger partial charge in [0.2, 0.25) is 0 Å². The van der Waals surface area contributed by atoms with E-state index in [4.69, 9.17) is 12.2 Å². The fraction of sp³-hybridized carbons (Fsp3) is 0.167. The largest absolute Gasteiger partial charge is 0.391 e. The lowest BCUT2D eigenvalue weighted by atomic mass is 10.0. The van der Waals surface area contributed by atoms with Crippen LogP contribution in [0.1, 0.15) is 28.4 Å². The summed E-state index contributed by atoms with van der Waals surface area (Å²) in [6, 6.07) is 10.9. The van der Waals surface area contributed by atoms with Gasteiger partial charge < -0.3 is 10.3 Å². The van der Waals surface area contributed by atoms with E-state index in [1.54, 1.807) is 18.2 Å². The number of carbonyl (C=O) groups excluding carboxylic acids is 1. The standard InChI is InChI=1S/C18H14F3N3O2S/c19-18(20,21)9-14(10-4-2-1-3-5-10)22-15(25)11-6-7-12-13(8-11)23-17(27)24-16(12)26/h1-8,14H,9H2,(H,22,25)(H2,23,24,26,27)/t14-/m0/s1. The number of nitrogens with one attached hydrogen (secondary N) is 3. The highest BCUT2D eigenvalue weighted by atomic mass is 32.1. The first kappa shape index (κ1) is 18.8. The van der Waals surface area contributed by atoms with Gasteiger partial charge in [-0.15, -0.1) is 0 Å². The van der Waals surface area contributed by atoms with Gasteiger partial charge in [0, 0.05) is 5.56 Å². The fourth-order valence-corrected chi connectivity index (χ4v) is 2.92. The summed E-state index contributed by atoms with van der Waals surface area (Å²) < 4.78 is 38.9. The molecule has 9 heteroatoms. The van der Waals surface area contributed by atoms with Gasteiger partial charge in [0.25, 0.3) is 11.5 Å². The number of aromatic amines is 2. The Labute approximate surface area is 156 Å². The Bertz CT molecular complexity index is 1090. The lowest BCUT2D eigenvalue weighted by Crippen LogP contribution is -2.32. The van der Waals surface area contributed by atoms with Crippen LogP contribution in [0.25, 0.3) is 10.9 Å². The molecule has 1 heterocycles. The number of hydrogen-bond donors (Lipinski definition) is 3. The second-order valence-corrected chi connectivity index (χ2v) is 6.33. The first-order valence-electron chi connectivity index (χ1n) is 7.92. The highest BCUT2D eigenvalue weighted by Gasteiger charge is 2.33. The van der Waals surface area contributed by atoms with Gasteiger partial charge >= 0.3 is 6.18 Å². The van der Waals surface area contributed by atoms with Crippen molar-refractivity contribution in [2.45, 2.75) is 18.6 Å². The fourth-order valence-electron chi connectivity index (χ4n) is 2.72. The van der Waals surface area contributed by atoms with Crippen LogP contribution in [0.5, 0.6) is 0 Å². The second-order valence-electron chi connectivity index (χ2n) is 5.92. The number of fused-ring (bicyclic) bond motifs is 1. The van der Waals surface area contributed by atoms with E-state index in [1.807, 2.05) is 0 Å². The average molecular weight is 393 g/mol. The molecule has 27 heavy (non-hydrogen) atoms. The van der Waals surface area contributed by atoms with Gasteiger partial charge in [-0.2, -0.15) is 13.2 Å². The van der Waals surface area contributed by atoms with Crippen LogP contribution in [-0.2, 0) is 0 Å². The summed E-state index contributed by atoms with van der Waals surface area (Å²) in [7, 11) is 0. The number of halogens is 3. The molecular formula is C18H14F3N3O2S. The molecule has 0 fully saturated rings. The van der Waals surface area contributed by atoms with Crippen LogP contribution in [0.3, 0.4) is 0 Å². The number of hydrogen-bond acceptors (Lipinski definition) is 3. The van der Waals surface area contributed by atoms with Crippen molar-refractivity contribution in [2.24, 2.45) is 0 Å². The average Bonchev–Trinajstić information content (AvgIpc) is 2.60. The van der Waals surface area contributed by atoms with Crippen LogP contribution in [0, 0.1) is 4.77 Å². The molecule has 140 valence electrons. The smallest absolute Gasteiger partial charge is 0.345 e. The second kappa shape index (κ2) is 7.36. The van der Waals surface area contributed by atoms with Crippen molar-refractivity contribution < 1.29 is 18.0 Å². The van der Waals surface area contributed by atoms with Crippen molar-refractivity contribution in [2.75, 3.05) is 0 Å². The Balaban J connectivity index is 1.92. The maximum atomic E-state index is 12.9. The highest BCUT2D eigenvalue weighted by molar-refractivity contribution is 7.71. The van der Waals surface area contributed by atoms with Crippen LogP contribution in [0.15, 0.2) is 53.3 Å². The lowest BCUT2D eigenvalue weighted by molar-refractivity contribution is -0.139. The Morgan fingerprint density at radius 2 is 1.81 bits per heavy atom. The number of carbonyl (C=O) groups is 1. The summed E-state index contributed by atoms with van der Waals surface area (Å²) in [4.78, 5) is 29.5. The van der Waals surface area contributed by atoms with Crippen molar-refractivity contribution in [1.82, 2.24) is 15.3 Å². The minimum absolute atomic E-state index is 0.0873. The minimum Gasteiger partial charge on any atom is -0.345 e. The zero-order chi connectivity index (χ0) is 19.6. The van der Waals surface area contributed by atoms with Crippen molar-refractivity contribution in [3.8, 4) is 0 Å². The molecule has 1 amide bonds. The maximum Gasteiger partial charge on any atom is 0.391 e. The summed E-state index contributed by atoms with van der Waals surface area (Å²) in [5.41, 5.74) is 0.366. The molecule has 0 saturated heterocycles. The van der Waals surface area contributed by atoms with Crippen molar-refractivity contribution >= 4 is 29.0 Å². The topological polar surface area (TPSA) is 77.8 Å². The quantitative estimate of drug-likeness (QED) is 0.586. The molecule has 1 aromatic heterocycles. The van der Waals surface area contributed by atoms with Crippen molar-refractivity contribution in [1.29, 1.82) is 0 Å². The number of rotatable bonds is 4. The van der Waals surface area contributed by atoms with Crippen LogP contribution >= 0.6 is 12.2 Å².